The molecule has 2 aromatic carbocycles. The fourth-order valence-electron chi connectivity index (χ4n) is 3.45. The van der Waals surface area contributed by atoms with Gasteiger partial charge in [-0.1, -0.05) is 6.07 Å². The summed E-state index contributed by atoms with van der Waals surface area (Å²) in [6.07, 6.45) is -1.90. The fraction of sp³-hybridized carbons (Fsp3) is 0.250. The number of aromatic nitrogens is 2. The molecule has 0 amide bonds. The first-order chi connectivity index (χ1) is 14.1. The average Bonchev–Trinajstić information content (AvgIpc) is 3.37. The Morgan fingerprint density at radius 2 is 1.77 bits per heavy atom. The van der Waals surface area contributed by atoms with Crippen molar-refractivity contribution >= 4 is 0 Å². The molecule has 0 unspecified atom stereocenters. The summed E-state index contributed by atoms with van der Waals surface area (Å²) in [4.78, 5) is 12.9. The third kappa shape index (κ3) is 3.58. The van der Waals surface area contributed by atoms with Crippen molar-refractivity contribution in [2.45, 2.75) is 24.9 Å². The highest BCUT2D eigenvalue weighted by Crippen LogP contribution is 2.48. The van der Waals surface area contributed by atoms with Crippen LogP contribution in [0.1, 0.15) is 18.5 Å². The van der Waals surface area contributed by atoms with Gasteiger partial charge in [-0.25, -0.2) is 13.6 Å². The van der Waals surface area contributed by atoms with Gasteiger partial charge in [0, 0.05) is 24.0 Å². The van der Waals surface area contributed by atoms with E-state index in [2.05, 4.69) is 4.74 Å². The van der Waals surface area contributed by atoms with Crippen molar-refractivity contribution in [1.29, 1.82) is 0 Å². The minimum Gasteiger partial charge on any atom is -0.406 e. The van der Waals surface area contributed by atoms with Crippen LogP contribution in [0.2, 0.25) is 0 Å². The molecule has 0 bridgehead atoms. The van der Waals surface area contributed by atoms with Gasteiger partial charge < -0.3 is 9.47 Å². The molecular formula is C20H15F5N2O3. The second-order valence-corrected chi connectivity index (χ2v) is 6.88. The quantitative estimate of drug-likeness (QED) is 0.452. The molecule has 2 heterocycles. The zero-order valence-electron chi connectivity index (χ0n) is 15.5. The molecule has 1 aliphatic rings. The van der Waals surface area contributed by atoms with Crippen molar-refractivity contribution in [3.8, 4) is 11.4 Å². The first-order valence-electron chi connectivity index (χ1n) is 8.86. The Morgan fingerprint density at radius 3 is 2.33 bits per heavy atom. The zero-order valence-corrected chi connectivity index (χ0v) is 15.5. The maximum absolute atomic E-state index is 14.3. The second-order valence-electron chi connectivity index (χ2n) is 6.88. The van der Waals surface area contributed by atoms with E-state index in [0.29, 0.717) is 5.69 Å². The van der Waals surface area contributed by atoms with E-state index in [1.807, 2.05) is 0 Å². The van der Waals surface area contributed by atoms with Gasteiger partial charge in [-0.2, -0.15) is 0 Å². The van der Waals surface area contributed by atoms with Crippen LogP contribution in [-0.2, 0) is 10.3 Å². The molecule has 4 rings (SSSR count). The SMILES string of the molecule is C[C@@H](n1ccn(-c2ccc(OC(F)(F)F)cc2)c1=O)[C@@]1(c2ccc(F)cc2F)CO1. The van der Waals surface area contributed by atoms with Gasteiger partial charge in [-0.3, -0.25) is 9.13 Å². The number of ether oxygens (including phenoxy) is 2. The lowest BCUT2D eigenvalue weighted by molar-refractivity contribution is -0.274. The molecule has 1 fully saturated rings. The van der Waals surface area contributed by atoms with Crippen molar-refractivity contribution in [2.75, 3.05) is 6.61 Å². The number of rotatable bonds is 5. The zero-order chi connectivity index (χ0) is 21.7. The van der Waals surface area contributed by atoms with Crippen LogP contribution in [-0.4, -0.2) is 22.1 Å². The van der Waals surface area contributed by atoms with Gasteiger partial charge in [0.2, 0.25) is 0 Å². The summed E-state index contributed by atoms with van der Waals surface area (Å²) >= 11 is 0. The number of epoxide rings is 1. The summed E-state index contributed by atoms with van der Waals surface area (Å²) in [5.74, 6) is -1.91. The van der Waals surface area contributed by atoms with Crippen molar-refractivity contribution in [2.24, 2.45) is 0 Å². The standard InChI is InChI=1S/C20H15F5N2O3/c1-12(19(11-29-19)16-7-2-13(21)10-17(16)22)26-8-9-27(18(26)28)14-3-5-15(6-4-14)30-20(23,24)25/h2-10,12H,11H2,1H3/t12-,19-/m1/s1. The van der Waals surface area contributed by atoms with Crippen LogP contribution in [0.3, 0.4) is 0 Å². The molecule has 0 saturated carbocycles. The van der Waals surface area contributed by atoms with Crippen molar-refractivity contribution in [3.05, 3.63) is 82.5 Å². The van der Waals surface area contributed by atoms with Crippen LogP contribution in [0.5, 0.6) is 5.75 Å². The van der Waals surface area contributed by atoms with Gasteiger partial charge in [0.1, 0.15) is 23.0 Å². The lowest BCUT2D eigenvalue weighted by Crippen LogP contribution is -2.32. The molecular weight excluding hydrogens is 411 g/mol. The molecule has 1 aliphatic heterocycles. The third-order valence-electron chi connectivity index (χ3n) is 5.09. The molecule has 2 atom stereocenters. The van der Waals surface area contributed by atoms with Crippen LogP contribution >= 0.6 is 0 Å². The molecule has 30 heavy (non-hydrogen) atoms. The molecule has 3 aromatic rings. The summed E-state index contributed by atoms with van der Waals surface area (Å²) in [5, 5.41) is 0. The predicted molar refractivity (Wildman–Crippen MR) is 95.4 cm³/mol. The number of alkyl halides is 3. The molecule has 0 radical (unpaired) electrons. The summed E-state index contributed by atoms with van der Waals surface area (Å²) in [5.41, 5.74) is -1.15. The number of nitrogens with zero attached hydrogens (tertiary/aromatic N) is 2. The number of imidazole rings is 1. The molecule has 0 aliphatic carbocycles. The number of hydrogen-bond donors (Lipinski definition) is 0. The van der Waals surface area contributed by atoms with E-state index in [4.69, 9.17) is 4.74 Å². The second kappa shape index (κ2) is 6.98. The lowest BCUT2D eigenvalue weighted by atomic mass is 9.92. The highest BCUT2D eigenvalue weighted by Gasteiger charge is 2.54. The van der Waals surface area contributed by atoms with Gasteiger partial charge in [-0.15, -0.1) is 13.2 Å². The summed E-state index contributed by atoms with van der Waals surface area (Å²) < 4.78 is 76.3. The molecule has 0 spiro atoms. The first kappa shape index (κ1) is 20.1. The van der Waals surface area contributed by atoms with Crippen molar-refractivity contribution in [3.63, 3.8) is 0 Å². The minimum absolute atomic E-state index is 0.143. The molecule has 1 saturated heterocycles. The van der Waals surface area contributed by atoms with E-state index in [1.165, 1.54) is 39.7 Å². The van der Waals surface area contributed by atoms with E-state index in [1.54, 1.807) is 6.92 Å². The van der Waals surface area contributed by atoms with Crippen molar-refractivity contribution < 1.29 is 31.4 Å². The average molecular weight is 426 g/mol. The highest BCUT2D eigenvalue weighted by molar-refractivity contribution is 5.38. The Labute approximate surface area is 166 Å². The Balaban J connectivity index is 1.63. The maximum atomic E-state index is 14.3. The maximum Gasteiger partial charge on any atom is 0.573 e. The fourth-order valence-corrected chi connectivity index (χ4v) is 3.45. The predicted octanol–water partition coefficient (Wildman–Crippen LogP) is 4.30. The first-order valence-corrected chi connectivity index (χ1v) is 8.86. The summed E-state index contributed by atoms with van der Waals surface area (Å²) in [7, 11) is 0. The van der Waals surface area contributed by atoms with Gasteiger partial charge in [0.15, 0.2) is 0 Å². The topological polar surface area (TPSA) is 48.7 Å². The third-order valence-corrected chi connectivity index (χ3v) is 5.09. The van der Waals surface area contributed by atoms with Crippen LogP contribution in [0.15, 0.2) is 59.7 Å². The van der Waals surface area contributed by atoms with Crippen LogP contribution < -0.4 is 10.4 Å². The van der Waals surface area contributed by atoms with E-state index in [9.17, 15) is 26.7 Å². The van der Waals surface area contributed by atoms with Gasteiger partial charge in [0.25, 0.3) is 0 Å². The normalized spacial score (nSPS) is 19.5. The Bertz CT molecular complexity index is 1130. The smallest absolute Gasteiger partial charge is 0.406 e. The molecule has 1 aromatic heterocycles. The Morgan fingerprint density at radius 1 is 1.10 bits per heavy atom. The number of hydrogen-bond acceptors (Lipinski definition) is 3. The van der Waals surface area contributed by atoms with Crippen LogP contribution in [0, 0.1) is 11.6 Å². The number of benzene rings is 2. The van der Waals surface area contributed by atoms with E-state index < -0.39 is 41.1 Å². The summed E-state index contributed by atoms with van der Waals surface area (Å²) in [6.45, 7) is 1.82. The van der Waals surface area contributed by atoms with Gasteiger partial charge in [-0.05, 0) is 37.3 Å². The van der Waals surface area contributed by atoms with Crippen LogP contribution in [0.4, 0.5) is 22.0 Å². The molecule has 158 valence electrons. The molecule has 0 N–H and O–H groups in total. The molecule has 5 nitrogen and oxygen atoms in total. The lowest BCUT2D eigenvalue weighted by Gasteiger charge is -2.22. The monoisotopic (exact) mass is 426 g/mol. The Hall–Kier alpha value is -3.14. The van der Waals surface area contributed by atoms with Crippen molar-refractivity contribution in [1.82, 2.24) is 9.13 Å². The van der Waals surface area contributed by atoms with E-state index in [0.717, 1.165) is 24.3 Å². The molecule has 10 heteroatoms. The van der Waals surface area contributed by atoms with Gasteiger partial charge >= 0.3 is 12.1 Å². The van der Waals surface area contributed by atoms with Crippen LogP contribution in [0.25, 0.3) is 5.69 Å². The Kier molecular flexibility index (Phi) is 4.69. The number of halogens is 5. The van der Waals surface area contributed by atoms with Gasteiger partial charge in [0.05, 0.1) is 18.3 Å². The van der Waals surface area contributed by atoms with E-state index in [-0.39, 0.29) is 12.2 Å². The van der Waals surface area contributed by atoms with E-state index >= 15 is 0 Å². The highest BCUT2D eigenvalue weighted by atomic mass is 19.4. The largest absolute Gasteiger partial charge is 0.573 e. The summed E-state index contributed by atoms with van der Waals surface area (Å²) in [6, 6.07) is 7.33. The minimum atomic E-state index is -4.81.